The average Bonchev–Trinajstić information content (AvgIpc) is 2.45. The first kappa shape index (κ1) is 15.6. The van der Waals surface area contributed by atoms with Gasteiger partial charge in [0, 0.05) is 23.4 Å². The molecule has 0 aliphatic rings. The van der Waals surface area contributed by atoms with Crippen molar-refractivity contribution in [2.24, 2.45) is 5.92 Å². The van der Waals surface area contributed by atoms with Gasteiger partial charge in [-0.1, -0.05) is 6.92 Å². The number of rotatable bonds is 5. The van der Waals surface area contributed by atoms with E-state index in [4.69, 9.17) is 11.6 Å². The molecule has 1 aromatic carbocycles. The molecule has 112 valence electrons. The van der Waals surface area contributed by atoms with Crippen LogP contribution in [0.15, 0.2) is 29.6 Å². The molecule has 0 bridgehead atoms. The zero-order valence-electron chi connectivity index (χ0n) is 11.1. The lowest BCUT2D eigenvalue weighted by atomic mass is 10.2. The zero-order chi connectivity index (χ0) is 15.6. The summed E-state index contributed by atoms with van der Waals surface area (Å²) in [7, 11) is -3.70. The molecule has 0 aliphatic carbocycles. The van der Waals surface area contributed by atoms with Gasteiger partial charge in [-0.3, -0.25) is 10.1 Å². The van der Waals surface area contributed by atoms with Gasteiger partial charge in [0.15, 0.2) is 14.9 Å². The number of nitro groups is 1. The fourth-order valence-corrected chi connectivity index (χ4v) is 3.85. The van der Waals surface area contributed by atoms with E-state index in [-0.39, 0.29) is 33.7 Å². The van der Waals surface area contributed by atoms with Crippen LogP contribution in [-0.2, 0) is 9.84 Å². The van der Waals surface area contributed by atoms with E-state index >= 15 is 0 Å². The number of nitro benzene ring substituents is 1. The Bertz CT molecular complexity index is 794. The second-order valence-corrected chi connectivity index (χ2v) is 6.94. The highest BCUT2D eigenvalue weighted by Gasteiger charge is 2.23. The molecule has 9 heteroatoms. The third-order valence-corrected chi connectivity index (χ3v) is 5.30. The quantitative estimate of drug-likeness (QED) is 0.360. The highest BCUT2D eigenvalue weighted by Crippen LogP contribution is 2.25. The minimum Gasteiger partial charge on any atom is -0.258 e. The van der Waals surface area contributed by atoms with Gasteiger partial charge in [0.2, 0.25) is 0 Å². The molecule has 0 aliphatic heterocycles. The first-order chi connectivity index (χ1) is 9.85. The molecule has 2 rings (SSSR count). The SMILES string of the molecule is CC(CCl)CS(=O)(=O)c1ncnc2ccc([N+](=O)[O-])cc12. The molecule has 2 aromatic rings. The molecule has 0 N–H and O–H groups in total. The van der Waals surface area contributed by atoms with E-state index in [1.165, 1.54) is 18.2 Å². The Morgan fingerprint density at radius 1 is 1.38 bits per heavy atom. The standard InChI is InChI=1S/C12H12ClN3O4S/c1-8(5-13)6-21(19,20)12-10-4-9(16(17)18)2-3-11(10)14-7-15-12/h2-4,7-8H,5-6H2,1H3. The van der Waals surface area contributed by atoms with E-state index < -0.39 is 14.8 Å². The third kappa shape index (κ3) is 3.27. The summed E-state index contributed by atoms with van der Waals surface area (Å²) in [4.78, 5) is 18.0. The Labute approximate surface area is 126 Å². The molecule has 1 heterocycles. The number of aromatic nitrogens is 2. The molecule has 0 spiro atoms. The zero-order valence-corrected chi connectivity index (χ0v) is 12.6. The summed E-state index contributed by atoms with van der Waals surface area (Å²) in [6.07, 6.45) is 1.13. The summed E-state index contributed by atoms with van der Waals surface area (Å²) < 4.78 is 24.8. The van der Waals surface area contributed by atoms with Gasteiger partial charge >= 0.3 is 0 Å². The van der Waals surface area contributed by atoms with Crippen molar-refractivity contribution < 1.29 is 13.3 Å². The maximum Gasteiger partial charge on any atom is 0.270 e. The molecule has 21 heavy (non-hydrogen) atoms. The number of non-ortho nitro benzene ring substituents is 1. The van der Waals surface area contributed by atoms with Crippen LogP contribution < -0.4 is 0 Å². The average molecular weight is 330 g/mol. The molecular formula is C12H12ClN3O4S. The van der Waals surface area contributed by atoms with Crippen LogP contribution in [0, 0.1) is 16.0 Å². The van der Waals surface area contributed by atoms with Gasteiger partial charge in [0.05, 0.1) is 16.2 Å². The molecule has 1 aromatic heterocycles. The molecule has 7 nitrogen and oxygen atoms in total. The fraction of sp³-hybridized carbons (Fsp3) is 0.333. The lowest BCUT2D eigenvalue weighted by molar-refractivity contribution is -0.384. The van der Waals surface area contributed by atoms with Crippen molar-refractivity contribution in [2.45, 2.75) is 11.9 Å². The second-order valence-electron chi connectivity index (χ2n) is 4.68. The number of hydrogen-bond donors (Lipinski definition) is 0. The van der Waals surface area contributed by atoms with Crippen molar-refractivity contribution in [3.63, 3.8) is 0 Å². The highest BCUT2D eigenvalue weighted by molar-refractivity contribution is 7.91. The summed E-state index contributed by atoms with van der Waals surface area (Å²) in [5, 5.41) is 10.8. The summed E-state index contributed by atoms with van der Waals surface area (Å²) in [6.45, 7) is 1.70. The van der Waals surface area contributed by atoms with Crippen LogP contribution in [0.4, 0.5) is 5.69 Å². The van der Waals surface area contributed by atoms with Gasteiger partial charge in [-0.05, 0) is 12.0 Å². The smallest absolute Gasteiger partial charge is 0.258 e. The van der Waals surface area contributed by atoms with E-state index in [1.807, 2.05) is 0 Å². The maximum absolute atomic E-state index is 12.4. The van der Waals surface area contributed by atoms with E-state index in [0.29, 0.717) is 5.52 Å². The van der Waals surface area contributed by atoms with Crippen molar-refractivity contribution in [1.29, 1.82) is 0 Å². The molecule has 0 amide bonds. The van der Waals surface area contributed by atoms with Crippen LogP contribution in [0.1, 0.15) is 6.92 Å². The maximum atomic E-state index is 12.4. The van der Waals surface area contributed by atoms with Gasteiger partial charge in [-0.25, -0.2) is 18.4 Å². The number of hydrogen-bond acceptors (Lipinski definition) is 6. The van der Waals surface area contributed by atoms with Crippen molar-refractivity contribution in [2.75, 3.05) is 11.6 Å². The van der Waals surface area contributed by atoms with Gasteiger partial charge < -0.3 is 0 Å². The van der Waals surface area contributed by atoms with Crippen molar-refractivity contribution in [3.8, 4) is 0 Å². The molecule has 1 unspecified atom stereocenters. The predicted molar refractivity (Wildman–Crippen MR) is 78.1 cm³/mol. The van der Waals surface area contributed by atoms with E-state index in [1.54, 1.807) is 6.92 Å². The predicted octanol–water partition coefficient (Wildman–Crippen LogP) is 2.19. The van der Waals surface area contributed by atoms with Gasteiger partial charge in [-0.2, -0.15) is 0 Å². The summed E-state index contributed by atoms with van der Waals surface area (Å²) in [5.41, 5.74) is 0.131. The molecule has 0 radical (unpaired) electrons. The minimum atomic E-state index is -3.70. The largest absolute Gasteiger partial charge is 0.270 e. The molecule has 0 saturated carbocycles. The topological polar surface area (TPSA) is 103 Å². The highest BCUT2D eigenvalue weighted by atomic mass is 35.5. The Morgan fingerprint density at radius 2 is 2.10 bits per heavy atom. The number of sulfone groups is 1. The first-order valence-electron chi connectivity index (χ1n) is 6.03. The lowest BCUT2D eigenvalue weighted by Gasteiger charge is -2.09. The number of benzene rings is 1. The van der Waals surface area contributed by atoms with E-state index in [2.05, 4.69) is 9.97 Å². The van der Waals surface area contributed by atoms with Crippen LogP contribution in [0.2, 0.25) is 0 Å². The number of nitrogens with zero attached hydrogens (tertiary/aromatic N) is 3. The molecule has 0 saturated heterocycles. The van der Waals surface area contributed by atoms with Crippen LogP contribution in [0.5, 0.6) is 0 Å². The third-order valence-electron chi connectivity index (χ3n) is 2.86. The van der Waals surface area contributed by atoms with Crippen LogP contribution in [0.25, 0.3) is 10.9 Å². The Hall–Kier alpha value is -1.80. The van der Waals surface area contributed by atoms with Crippen LogP contribution in [-0.4, -0.2) is 34.9 Å². The minimum absolute atomic E-state index is 0.147. The van der Waals surface area contributed by atoms with Gasteiger partial charge in [-0.15, -0.1) is 11.6 Å². The normalized spacial score (nSPS) is 13.2. The Morgan fingerprint density at radius 3 is 2.71 bits per heavy atom. The first-order valence-corrected chi connectivity index (χ1v) is 8.21. The fourth-order valence-electron chi connectivity index (χ4n) is 1.88. The van der Waals surface area contributed by atoms with Crippen molar-refractivity contribution in [3.05, 3.63) is 34.6 Å². The number of fused-ring (bicyclic) bond motifs is 1. The van der Waals surface area contributed by atoms with Crippen LogP contribution in [0.3, 0.4) is 0 Å². The molecule has 1 atom stereocenters. The lowest BCUT2D eigenvalue weighted by Crippen LogP contribution is -2.17. The number of halogens is 1. The van der Waals surface area contributed by atoms with E-state index in [0.717, 1.165) is 6.33 Å². The van der Waals surface area contributed by atoms with Gasteiger partial charge in [0.1, 0.15) is 6.33 Å². The monoisotopic (exact) mass is 329 g/mol. The molecule has 0 fully saturated rings. The number of alkyl halides is 1. The Balaban J connectivity index is 2.63. The van der Waals surface area contributed by atoms with Crippen LogP contribution >= 0.6 is 11.6 Å². The van der Waals surface area contributed by atoms with Crippen molar-refractivity contribution in [1.82, 2.24) is 9.97 Å². The summed E-state index contributed by atoms with van der Waals surface area (Å²) >= 11 is 5.64. The second kappa shape index (κ2) is 5.90. The van der Waals surface area contributed by atoms with Gasteiger partial charge in [0.25, 0.3) is 5.69 Å². The van der Waals surface area contributed by atoms with Crippen molar-refractivity contribution >= 4 is 38.0 Å². The molecular weight excluding hydrogens is 318 g/mol. The summed E-state index contributed by atoms with van der Waals surface area (Å²) in [5.74, 6) is -0.228. The summed E-state index contributed by atoms with van der Waals surface area (Å²) in [6, 6.07) is 3.85. The Kier molecular flexibility index (Phi) is 4.38. The van der Waals surface area contributed by atoms with E-state index in [9.17, 15) is 18.5 Å².